The Hall–Kier alpha value is -4.71. The lowest BCUT2D eigenvalue weighted by Crippen LogP contribution is -2.49. The first-order chi connectivity index (χ1) is 23.2. The SMILES string of the molecule is Cc1nc2n(n1)CCN(C(=O)CN1CCOc3ccccc3C1)CCCC(=O)N[C@H](Cc1c[nH]c3ccccc13)C(=O)N[C@H]2CC(C)C. The molecule has 12 nitrogen and oxygen atoms in total. The van der Waals surface area contributed by atoms with Crippen LogP contribution in [0.2, 0.25) is 0 Å². The standard InChI is InChI=1S/C36H46N8O4/c1-24(2)19-30-35-38-25(3)41-44(35)16-15-43(34(46)23-42-17-18-48-32-12-7-4-9-26(32)22-42)14-8-13-33(45)39-31(36(47)40-30)20-27-21-37-29-11-6-5-10-28(27)29/h4-7,9-12,21,24,30-31,37H,8,13-20,22-23H2,1-3H3,(H,39,45)(H,40,47)/t30-,31+/m0/s1. The highest BCUT2D eigenvalue weighted by Crippen LogP contribution is 2.24. The van der Waals surface area contributed by atoms with Crippen LogP contribution in [-0.2, 0) is 33.9 Å². The fraction of sp³-hybridized carbons (Fsp3) is 0.472. The molecule has 0 radical (unpaired) electrons. The van der Waals surface area contributed by atoms with Crippen molar-refractivity contribution in [2.75, 3.05) is 32.8 Å². The number of aromatic amines is 1. The number of nitrogens with one attached hydrogen (secondary N) is 3. The van der Waals surface area contributed by atoms with Gasteiger partial charge in [0.15, 0.2) is 0 Å². The predicted molar refractivity (Wildman–Crippen MR) is 182 cm³/mol. The summed E-state index contributed by atoms with van der Waals surface area (Å²) in [5.74, 6) is 1.87. The zero-order valence-electron chi connectivity index (χ0n) is 28.1. The van der Waals surface area contributed by atoms with Crippen molar-refractivity contribution in [1.29, 1.82) is 0 Å². The molecule has 0 saturated heterocycles. The topological polar surface area (TPSA) is 137 Å². The maximum Gasteiger partial charge on any atom is 0.243 e. The van der Waals surface area contributed by atoms with E-state index < -0.39 is 12.1 Å². The first-order valence-corrected chi connectivity index (χ1v) is 17.0. The molecule has 4 heterocycles. The van der Waals surface area contributed by atoms with E-state index >= 15 is 0 Å². The average molecular weight is 655 g/mol. The summed E-state index contributed by atoms with van der Waals surface area (Å²) in [5, 5.41) is 11.9. The number of hydrogen-bond donors (Lipinski definition) is 3. The normalized spacial score (nSPS) is 19.9. The van der Waals surface area contributed by atoms with Crippen molar-refractivity contribution in [1.82, 2.24) is 40.2 Å². The highest BCUT2D eigenvalue weighted by atomic mass is 16.5. The van der Waals surface area contributed by atoms with Gasteiger partial charge >= 0.3 is 0 Å². The van der Waals surface area contributed by atoms with E-state index in [9.17, 15) is 14.4 Å². The van der Waals surface area contributed by atoms with Gasteiger partial charge in [-0.15, -0.1) is 0 Å². The molecule has 0 saturated carbocycles. The fourth-order valence-corrected chi connectivity index (χ4v) is 6.68. The zero-order chi connectivity index (χ0) is 33.6. The van der Waals surface area contributed by atoms with Crippen molar-refractivity contribution in [2.45, 2.75) is 71.6 Å². The van der Waals surface area contributed by atoms with Crippen LogP contribution >= 0.6 is 0 Å². The van der Waals surface area contributed by atoms with E-state index in [0.717, 1.165) is 27.8 Å². The van der Waals surface area contributed by atoms with Gasteiger partial charge in [-0.3, -0.25) is 19.3 Å². The molecule has 3 N–H and O–H groups in total. The third kappa shape index (κ3) is 8.04. The lowest BCUT2D eigenvalue weighted by atomic mass is 10.0. The largest absolute Gasteiger partial charge is 0.492 e. The Labute approximate surface area is 281 Å². The summed E-state index contributed by atoms with van der Waals surface area (Å²) >= 11 is 0. The van der Waals surface area contributed by atoms with E-state index in [4.69, 9.17) is 14.8 Å². The van der Waals surface area contributed by atoms with Crippen LogP contribution in [0.3, 0.4) is 0 Å². The summed E-state index contributed by atoms with van der Waals surface area (Å²) in [7, 11) is 0. The van der Waals surface area contributed by atoms with E-state index in [2.05, 4.69) is 34.4 Å². The Balaban J connectivity index is 1.24. The van der Waals surface area contributed by atoms with Crippen LogP contribution in [0.1, 0.15) is 61.9 Å². The minimum atomic E-state index is -0.794. The molecule has 12 heteroatoms. The number of benzene rings is 2. The van der Waals surface area contributed by atoms with Crippen LogP contribution in [-0.4, -0.2) is 86.1 Å². The number of H-pyrrole nitrogens is 1. The van der Waals surface area contributed by atoms with Gasteiger partial charge in [0.05, 0.1) is 19.1 Å². The summed E-state index contributed by atoms with van der Waals surface area (Å²) in [4.78, 5) is 53.2. The van der Waals surface area contributed by atoms with Gasteiger partial charge in [-0.2, -0.15) is 5.10 Å². The summed E-state index contributed by atoms with van der Waals surface area (Å²) in [5.41, 5.74) is 2.98. The number of ether oxygens (including phenoxy) is 1. The fourth-order valence-electron chi connectivity index (χ4n) is 6.68. The smallest absolute Gasteiger partial charge is 0.243 e. The molecule has 2 aromatic heterocycles. The minimum Gasteiger partial charge on any atom is -0.492 e. The Morgan fingerprint density at radius 1 is 1.00 bits per heavy atom. The molecule has 2 aliphatic rings. The third-order valence-electron chi connectivity index (χ3n) is 9.05. The zero-order valence-corrected chi connectivity index (χ0v) is 28.1. The van der Waals surface area contributed by atoms with Gasteiger partial charge in [0.1, 0.15) is 30.0 Å². The van der Waals surface area contributed by atoms with Crippen molar-refractivity contribution >= 4 is 28.6 Å². The summed E-state index contributed by atoms with van der Waals surface area (Å²) in [6, 6.07) is 14.6. The Morgan fingerprint density at radius 2 is 1.81 bits per heavy atom. The monoisotopic (exact) mass is 654 g/mol. The number of carbonyl (C=O) groups excluding carboxylic acids is 3. The molecule has 0 unspecified atom stereocenters. The number of rotatable bonds is 6. The van der Waals surface area contributed by atoms with Gasteiger partial charge in [-0.05, 0) is 43.4 Å². The lowest BCUT2D eigenvalue weighted by molar-refractivity contribution is -0.133. The molecule has 0 bridgehead atoms. The molecule has 0 aliphatic carbocycles. The minimum absolute atomic E-state index is 0.00971. The quantitative estimate of drug-likeness (QED) is 0.289. The van der Waals surface area contributed by atoms with Crippen LogP contribution in [0.25, 0.3) is 10.9 Å². The van der Waals surface area contributed by atoms with E-state index in [0.29, 0.717) is 70.2 Å². The van der Waals surface area contributed by atoms with Crippen molar-refractivity contribution in [2.24, 2.45) is 5.92 Å². The molecule has 254 valence electrons. The predicted octanol–water partition coefficient (Wildman–Crippen LogP) is 3.52. The Morgan fingerprint density at radius 3 is 2.67 bits per heavy atom. The first-order valence-electron chi connectivity index (χ1n) is 17.0. The second-order valence-electron chi connectivity index (χ2n) is 13.3. The second kappa shape index (κ2) is 15.0. The van der Waals surface area contributed by atoms with Crippen LogP contribution < -0.4 is 15.4 Å². The number of carbonyl (C=O) groups is 3. The first kappa shape index (κ1) is 33.2. The Kier molecular flexibility index (Phi) is 10.4. The van der Waals surface area contributed by atoms with Crippen LogP contribution in [0.4, 0.5) is 0 Å². The molecule has 0 spiro atoms. The van der Waals surface area contributed by atoms with Crippen LogP contribution in [0, 0.1) is 12.8 Å². The van der Waals surface area contributed by atoms with Crippen LogP contribution in [0.5, 0.6) is 5.75 Å². The summed E-state index contributed by atoms with van der Waals surface area (Å²) < 4.78 is 7.75. The highest BCUT2D eigenvalue weighted by Gasteiger charge is 2.30. The third-order valence-corrected chi connectivity index (χ3v) is 9.05. The maximum atomic E-state index is 14.0. The Bertz CT molecular complexity index is 1750. The van der Waals surface area contributed by atoms with Crippen molar-refractivity contribution in [3.05, 3.63) is 77.5 Å². The van der Waals surface area contributed by atoms with Crippen molar-refractivity contribution in [3.8, 4) is 5.75 Å². The van der Waals surface area contributed by atoms with E-state index in [1.165, 1.54) is 0 Å². The number of para-hydroxylation sites is 2. The maximum absolute atomic E-state index is 14.0. The summed E-state index contributed by atoms with van der Waals surface area (Å²) in [6.45, 7) is 9.28. The number of aryl methyl sites for hydroxylation is 1. The van der Waals surface area contributed by atoms with Gasteiger partial charge in [0, 0.05) is 61.7 Å². The van der Waals surface area contributed by atoms with Crippen molar-refractivity contribution < 1.29 is 19.1 Å². The van der Waals surface area contributed by atoms with Crippen molar-refractivity contribution in [3.63, 3.8) is 0 Å². The summed E-state index contributed by atoms with van der Waals surface area (Å²) in [6.07, 6.45) is 3.52. The van der Waals surface area contributed by atoms with E-state index in [1.807, 2.05) is 71.2 Å². The number of fused-ring (bicyclic) bond motifs is 3. The molecular formula is C36H46N8O4. The molecule has 6 rings (SSSR count). The van der Waals surface area contributed by atoms with Crippen LogP contribution in [0.15, 0.2) is 54.7 Å². The van der Waals surface area contributed by atoms with E-state index in [1.54, 1.807) is 0 Å². The molecular weight excluding hydrogens is 608 g/mol. The molecule has 2 atom stereocenters. The van der Waals surface area contributed by atoms with Gasteiger partial charge in [0.25, 0.3) is 0 Å². The number of nitrogens with zero attached hydrogens (tertiary/aromatic N) is 5. The lowest BCUT2D eigenvalue weighted by Gasteiger charge is -2.28. The second-order valence-corrected chi connectivity index (χ2v) is 13.3. The molecule has 48 heavy (non-hydrogen) atoms. The molecule has 3 amide bonds. The van der Waals surface area contributed by atoms with Gasteiger partial charge in [0.2, 0.25) is 17.7 Å². The molecule has 4 aromatic rings. The molecule has 2 aliphatic heterocycles. The molecule has 0 fully saturated rings. The number of aromatic nitrogens is 4. The highest BCUT2D eigenvalue weighted by molar-refractivity contribution is 5.90. The molecule has 2 aromatic carbocycles. The van der Waals surface area contributed by atoms with Gasteiger partial charge < -0.3 is 25.3 Å². The number of hydrogen-bond acceptors (Lipinski definition) is 7. The van der Waals surface area contributed by atoms with Gasteiger partial charge in [-0.25, -0.2) is 9.67 Å². The van der Waals surface area contributed by atoms with Gasteiger partial charge in [-0.1, -0.05) is 50.2 Å². The average Bonchev–Trinajstić information content (AvgIpc) is 3.57. The van der Waals surface area contributed by atoms with E-state index in [-0.39, 0.29) is 36.6 Å². The number of amides is 3.